The first-order valence-corrected chi connectivity index (χ1v) is 9.03. The van der Waals surface area contributed by atoms with Gasteiger partial charge < -0.3 is 16.4 Å². The van der Waals surface area contributed by atoms with Gasteiger partial charge in [-0.25, -0.2) is 0 Å². The summed E-state index contributed by atoms with van der Waals surface area (Å²) in [6.07, 6.45) is 0. The maximum atomic E-state index is 13.0. The molecule has 144 valence electrons. The Balaban J connectivity index is 0.00000225. The van der Waals surface area contributed by atoms with Gasteiger partial charge in [0.25, 0.3) is 5.91 Å². The fourth-order valence-electron chi connectivity index (χ4n) is 3.62. The lowest BCUT2D eigenvalue weighted by Crippen LogP contribution is -2.44. The molecular weight excluding hydrogens is 374 g/mol. The standard InChI is InChI=1S/C22H21N3O2.ClH/c23-12-20(16-10-9-14-5-1-2-6-15(14)11-16)25-22(27)19-13-24-21(26)18-8-4-3-7-17(18)19;/h1-11,19-20H,12-13,23H2,(H,24,26)(H,25,27);1H. The van der Waals surface area contributed by atoms with Crippen molar-refractivity contribution in [1.29, 1.82) is 0 Å². The van der Waals surface area contributed by atoms with Crippen LogP contribution in [-0.4, -0.2) is 24.9 Å². The predicted molar refractivity (Wildman–Crippen MR) is 113 cm³/mol. The molecule has 2 unspecified atom stereocenters. The van der Waals surface area contributed by atoms with Crippen LogP contribution in [0, 0.1) is 0 Å². The van der Waals surface area contributed by atoms with Crippen LogP contribution in [-0.2, 0) is 4.79 Å². The molecule has 4 N–H and O–H groups in total. The zero-order chi connectivity index (χ0) is 18.8. The number of nitrogens with two attached hydrogens (primary N) is 1. The maximum absolute atomic E-state index is 13.0. The molecule has 6 heteroatoms. The van der Waals surface area contributed by atoms with Crippen LogP contribution in [0.25, 0.3) is 10.8 Å². The second-order valence-electron chi connectivity index (χ2n) is 6.75. The average Bonchev–Trinajstić information content (AvgIpc) is 2.72. The van der Waals surface area contributed by atoms with E-state index in [4.69, 9.17) is 5.73 Å². The highest BCUT2D eigenvalue weighted by atomic mass is 35.5. The molecule has 0 saturated heterocycles. The van der Waals surface area contributed by atoms with Gasteiger partial charge in [0.15, 0.2) is 0 Å². The zero-order valence-electron chi connectivity index (χ0n) is 15.2. The lowest BCUT2D eigenvalue weighted by atomic mass is 9.89. The number of amides is 2. The van der Waals surface area contributed by atoms with Crippen molar-refractivity contribution in [3.63, 3.8) is 0 Å². The Morgan fingerprint density at radius 3 is 2.57 bits per heavy atom. The smallest absolute Gasteiger partial charge is 0.251 e. The van der Waals surface area contributed by atoms with Crippen molar-refractivity contribution in [3.8, 4) is 0 Å². The van der Waals surface area contributed by atoms with Crippen molar-refractivity contribution in [2.75, 3.05) is 13.1 Å². The van der Waals surface area contributed by atoms with Gasteiger partial charge >= 0.3 is 0 Å². The largest absolute Gasteiger partial charge is 0.351 e. The number of nitrogens with one attached hydrogen (secondary N) is 2. The minimum absolute atomic E-state index is 0. The van der Waals surface area contributed by atoms with Gasteiger partial charge in [0, 0.05) is 18.7 Å². The molecule has 1 aliphatic rings. The summed E-state index contributed by atoms with van der Waals surface area (Å²) in [4.78, 5) is 25.0. The fourth-order valence-corrected chi connectivity index (χ4v) is 3.62. The summed E-state index contributed by atoms with van der Waals surface area (Å²) in [5, 5.41) is 8.11. The molecule has 0 bridgehead atoms. The molecule has 0 spiro atoms. The van der Waals surface area contributed by atoms with Gasteiger partial charge in [0.2, 0.25) is 5.91 Å². The molecule has 2 atom stereocenters. The highest BCUT2D eigenvalue weighted by Crippen LogP contribution is 2.26. The topological polar surface area (TPSA) is 84.2 Å². The summed E-state index contributed by atoms with van der Waals surface area (Å²) < 4.78 is 0. The minimum Gasteiger partial charge on any atom is -0.351 e. The van der Waals surface area contributed by atoms with E-state index in [2.05, 4.69) is 22.8 Å². The maximum Gasteiger partial charge on any atom is 0.251 e. The van der Waals surface area contributed by atoms with Crippen LogP contribution in [0.5, 0.6) is 0 Å². The molecule has 1 heterocycles. The summed E-state index contributed by atoms with van der Waals surface area (Å²) in [5.41, 5.74) is 8.24. The van der Waals surface area contributed by atoms with Gasteiger partial charge in [0.05, 0.1) is 12.0 Å². The van der Waals surface area contributed by atoms with Crippen molar-refractivity contribution in [2.45, 2.75) is 12.0 Å². The van der Waals surface area contributed by atoms with E-state index in [9.17, 15) is 9.59 Å². The van der Waals surface area contributed by atoms with Crippen LogP contribution < -0.4 is 16.4 Å². The molecule has 0 fully saturated rings. The summed E-state index contributed by atoms with van der Waals surface area (Å²) in [5.74, 6) is -0.695. The van der Waals surface area contributed by atoms with Gasteiger partial charge in [-0.05, 0) is 34.0 Å². The number of carbonyl (C=O) groups is 2. The molecule has 0 saturated carbocycles. The number of hydrogen-bond donors (Lipinski definition) is 3. The van der Waals surface area contributed by atoms with Crippen molar-refractivity contribution >= 4 is 35.0 Å². The van der Waals surface area contributed by atoms with E-state index in [0.29, 0.717) is 12.1 Å². The molecule has 0 aromatic heterocycles. The molecule has 3 aromatic carbocycles. The number of carbonyl (C=O) groups excluding carboxylic acids is 2. The Bertz CT molecular complexity index is 1020. The number of hydrogen-bond acceptors (Lipinski definition) is 3. The van der Waals surface area contributed by atoms with Gasteiger partial charge in [-0.3, -0.25) is 9.59 Å². The van der Waals surface area contributed by atoms with Gasteiger partial charge in [0.1, 0.15) is 0 Å². The third kappa shape index (κ3) is 3.72. The quantitative estimate of drug-likeness (QED) is 0.635. The molecular formula is C22H22ClN3O2. The highest BCUT2D eigenvalue weighted by Gasteiger charge is 2.31. The lowest BCUT2D eigenvalue weighted by molar-refractivity contribution is -0.123. The van der Waals surface area contributed by atoms with E-state index < -0.39 is 5.92 Å². The molecule has 4 rings (SSSR count). The number of fused-ring (bicyclic) bond motifs is 2. The van der Waals surface area contributed by atoms with E-state index >= 15 is 0 Å². The average molecular weight is 396 g/mol. The van der Waals surface area contributed by atoms with Gasteiger partial charge in [-0.1, -0.05) is 54.6 Å². The van der Waals surface area contributed by atoms with Crippen molar-refractivity contribution in [2.24, 2.45) is 5.73 Å². The Morgan fingerprint density at radius 1 is 1.07 bits per heavy atom. The zero-order valence-corrected chi connectivity index (χ0v) is 16.0. The van der Waals surface area contributed by atoms with Gasteiger partial charge in [-0.2, -0.15) is 0 Å². The normalized spacial score (nSPS) is 16.5. The first kappa shape index (κ1) is 19.9. The van der Waals surface area contributed by atoms with Crippen LogP contribution in [0.3, 0.4) is 0 Å². The second kappa shape index (κ2) is 8.42. The number of rotatable bonds is 4. The van der Waals surface area contributed by atoms with Crippen molar-refractivity contribution in [1.82, 2.24) is 10.6 Å². The second-order valence-corrected chi connectivity index (χ2v) is 6.75. The molecule has 28 heavy (non-hydrogen) atoms. The SMILES string of the molecule is Cl.NCC(NC(=O)C1CNC(=O)c2ccccc21)c1ccc2ccccc2c1. The third-order valence-electron chi connectivity index (χ3n) is 5.09. The monoisotopic (exact) mass is 395 g/mol. The summed E-state index contributed by atoms with van der Waals surface area (Å²) >= 11 is 0. The lowest BCUT2D eigenvalue weighted by Gasteiger charge is -2.27. The van der Waals surface area contributed by atoms with Crippen molar-refractivity contribution in [3.05, 3.63) is 83.4 Å². The highest BCUT2D eigenvalue weighted by molar-refractivity contribution is 6.00. The fraction of sp³-hybridized carbons (Fsp3) is 0.182. The first-order chi connectivity index (χ1) is 13.2. The number of benzene rings is 3. The molecule has 2 amide bonds. The summed E-state index contributed by atoms with van der Waals surface area (Å²) in [7, 11) is 0. The Hall–Kier alpha value is -2.89. The van der Waals surface area contributed by atoms with Crippen LogP contribution in [0.15, 0.2) is 66.7 Å². The Morgan fingerprint density at radius 2 is 1.79 bits per heavy atom. The molecule has 3 aromatic rings. The first-order valence-electron chi connectivity index (χ1n) is 9.03. The Labute approximate surface area is 169 Å². The summed E-state index contributed by atoms with van der Waals surface area (Å²) in [6.45, 7) is 0.585. The van der Waals surface area contributed by atoms with E-state index in [1.807, 2.05) is 42.5 Å². The van der Waals surface area contributed by atoms with Crippen LogP contribution in [0.1, 0.15) is 33.4 Å². The minimum atomic E-state index is -0.423. The van der Waals surface area contributed by atoms with Crippen LogP contribution in [0.4, 0.5) is 0 Å². The van der Waals surface area contributed by atoms with E-state index in [1.54, 1.807) is 12.1 Å². The van der Waals surface area contributed by atoms with E-state index in [-0.39, 0.29) is 36.8 Å². The van der Waals surface area contributed by atoms with E-state index in [0.717, 1.165) is 21.9 Å². The molecule has 5 nitrogen and oxygen atoms in total. The van der Waals surface area contributed by atoms with E-state index in [1.165, 1.54) is 0 Å². The van der Waals surface area contributed by atoms with Gasteiger partial charge in [-0.15, -0.1) is 12.4 Å². The number of halogens is 1. The van der Waals surface area contributed by atoms with Crippen molar-refractivity contribution < 1.29 is 9.59 Å². The molecule has 1 aliphatic heterocycles. The Kier molecular flexibility index (Phi) is 5.97. The summed E-state index contributed by atoms with van der Waals surface area (Å²) in [6, 6.07) is 21.1. The van der Waals surface area contributed by atoms with Crippen LogP contribution in [0.2, 0.25) is 0 Å². The van der Waals surface area contributed by atoms with Crippen LogP contribution >= 0.6 is 12.4 Å². The molecule has 0 aliphatic carbocycles. The predicted octanol–water partition coefficient (Wildman–Crippen LogP) is 2.90. The third-order valence-corrected chi connectivity index (χ3v) is 5.09. The molecule has 0 radical (unpaired) electrons.